The Balaban J connectivity index is 2.52. The predicted octanol–water partition coefficient (Wildman–Crippen LogP) is 0.961. The van der Waals surface area contributed by atoms with Gasteiger partial charge in [-0.05, 0) is 12.1 Å². The van der Waals surface area contributed by atoms with Gasteiger partial charge in [0.15, 0.2) is 11.5 Å². The molecule has 0 fully saturated rings. The van der Waals surface area contributed by atoms with Crippen LogP contribution in [0.5, 0.6) is 11.5 Å². The van der Waals surface area contributed by atoms with Crippen LogP contribution in [0.25, 0.3) is 0 Å². The summed E-state index contributed by atoms with van der Waals surface area (Å²) in [4.78, 5) is 12.8. The molecule has 1 aromatic rings. The Morgan fingerprint density at radius 3 is 2.48 bits per heavy atom. The lowest BCUT2D eigenvalue weighted by atomic mass is 10.2. The van der Waals surface area contributed by atoms with E-state index in [1.165, 1.54) is 18.9 Å². The zero-order valence-electron chi connectivity index (χ0n) is 13.3. The molecule has 23 heavy (non-hydrogen) atoms. The van der Waals surface area contributed by atoms with Crippen molar-refractivity contribution in [2.24, 2.45) is 0 Å². The molecule has 1 N–H and O–H groups in total. The van der Waals surface area contributed by atoms with Crippen LogP contribution in [0, 0.1) is 0 Å². The number of ether oxygens (including phenoxy) is 3. The third-order valence-corrected chi connectivity index (χ3v) is 3.66. The Kier molecular flexibility index (Phi) is 7.27. The monoisotopic (exact) mass is 347 g/mol. The third kappa shape index (κ3) is 6.85. The second kappa shape index (κ2) is 8.70. The first-order chi connectivity index (χ1) is 10.7. The highest BCUT2D eigenvalue weighted by atomic mass is 32.2. The summed E-state index contributed by atoms with van der Waals surface area (Å²) in [6.45, 7) is 1.69. The molecule has 0 radical (unpaired) electrons. The van der Waals surface area contributed by atoms with E-state index < -0.39 is 15.9 Å². The molecule has 130 valence electrons. The smallest absolute Gasteiger partial charge is 0.267 e. The highest BCUT2D eigenvalue weighted by Crippen LogP contribution is 2.31. The van der Waals surface area contributed by atoms with Gasteiger partial charge in [-0.1, -0.05) is 0 Å². The van der Waals surface area contributed by atoms with Crippen molar-refractivity contribution in [1.82, 2.24) is 0 Å². The molecule has 0 aliphatic rings. The van der Waals surface area contributed by atoms with Gasteiger partial charge in [-0.3, -0.25) is 9.35 Å². The molecule has 9 heteroatoms. The highest BCUT2D eigenvalue weighted by Gasteiger charge is 2.11. The molecule has 0 aliphatic carbocycles. The average Bonchev–Trinajstić information content (AvgIpc) is 2.48. The Morgan fingerprint density at radius 1 is 1.22 bits per heavy atom. The van der Waals surface area contributed by atoms with Crippen LogP contribution >= 0.6 is 0 Å². The molecule has 0 saturated carbocycles. The number of carbonyl (C=O) groups excluding carboxylic acids is 1. The van der Waals surface area contributed by atoms with Gasteiger partial charge in [-0.15, -0.1) is 0 Å². The fraction of sp³-hybridized carbons (Fsp3) is 0.500. The van der Waals surface area contributed by atoms with Gasteiger partial charge in [0.2, 0.25) is 5.91 Å². The molecule has 1 rings (SSSR count). The SMILES string of the molecule is COc1cc(N(C)C(C)=O)ccc1OCCOCCS(=O)(=O)O. The van der Waals surface area contributed by atoms with E-state index in [1.807, 2.05) is 0 Å². The first kappa shape index (κ1) is 19.2. The van der Waals surface area contributed by atoms with Crippen LogP contribution in [-0.4, -0.2) is 58.6 Å². The molecule has 1 aromatic carbocycles. The number of rotatable bonds is 9. The van der Waals surface area contributed by atoms with Crippen molar-refractivity contribution < 1.29 is 32.0 Å². The van der Waals surface area contributed by atoms with E-state index >= 15 is 0 Å². The number of hydrogen-bond donors (Lipinski definition) is 1. The lowest BCUT2D eigenvalue weighted by Gasteiger charge is -2.17. The zero-order valence-corrected chi connectivity index (χ0v) is 14.1. The standard InChI is InChI=1S/C14H21NO7S/c1-11(16)15(2)12-4-5-13(14(10-12)20-3)22-7-6-21-8-9-23(17,18)19/h4-5,10H,6-9H2,1-3H3,(H,17,18,19). The number of carbonyl (C=O) groups is 1. The van der Waals surface area contributed by atoms with E-state index in [0.29, 0.717) is 17.2 Å². The second-order valence-corrected chi connectivity index (χ2v) is 6.23. The van der Waals surface area contributed by atoms with Crippen LogP contribution in [0.3, 0.4) is 0 Å². The number of anilines is 1. The molecule has 0 atom stereocenters. The van der Waals surface area contributed by atoms with Gasteiger partial charge >= 0.3 is 0 Å². The summed E-state index contributed by atoms with van der Waals surface area (Å²) in [5.41, 5.74) is 0.672. The zero-order chi connectivity index (χ0) is 17.5. The van der Waals surface area contributed by atoms with Crippen molar-refractivity contribution in [1.29, 1.82) is 0 Å². The van der Waals surface area contributed by atoms with E-state index in [2.05, 4.69) is 0 Å². The normalized spacial score (nSPS) is 11.1. The van der Waals surface area contributed by atoms with Crippen LogP contribution < -0.4 is 14.4 Å². The molecule has 0 aromatic heterocycles. The number of methoxy groups -OCH3 is 1. The van der Waals surface area contributed by atoms with Crippen LogP contribution in [0.15, 0.2) is 18.2 Å². The van der Waals surface area contributed by atoms with Crippen molar-refractivity contribution in [2.45, 2.75) is 6.92 Å². The average molecular weight is 347 g/mol. The van der Waals surface area contributed by atoms with Crippen molar-refractivity contribution >= 4 is 21.7 Å². The molecule has 0 heterocycles. The maximum Gasteiger partial charge on any atom is 0.267 e. The third-order valence-electron chi connectivity index (χ3n) is 2.98. The van der Waals surface area contributed by atoms with Gasteiger partial charge in [0.05, 0.1) is 26.1 Å². The minimum Gasteiger partial charge on any atom is -0.493 e. The van der Waals surface area contributed by atoms with E-state index in [0.717, 1.165) is 0 Å². The summed E-state index contributed by atoms with van der Waals surface area (Å²) in [6, 6.07) is 5.07. The van der Waals surface area contributed by atoms with Gasteiger partial charge in [0.1, 0.15) is 6.61 Å². The number of amides is 1. The van der Waals surface area contributed by atoms with Gasteiger partial charge in [0.25, 0.3) is 10.1 Å². The number of hydrogen-bond acceptors (Lipinski definition) is 6. The van der Waals surface area contributed by atoms with E-state index in [4.69, 9.17) is 18.8 Å². The van der Waals surface area contributed by atoms with Crippen LogP contribution in [0.1, 0.15) is 6.92 Å². The number of nitrogens with zero attached hydrogens (tertiary/aromatic N) is 1. The number of benzene rings is 1. The predicted molar refractivity (Wildman–Crippen MR) is 84.8 cm³/mol. The summed E-state index contributed by atoms with van der Waals surface area (Å²) < 4.78 is 45.3. The largest absolute Gasteiger partial charge is 0.493 e. The molecule has 8 nitrogen and oxygen atoms in total. The Bertz CT molecular complexity index is 630. The van der Waals surface area contributed by atoms with Crippen LogP contribution in [0.4, 0.5) is 5.69 Å². The maximum atomic E-state index is 11.3. The summed E-state index contributed by atoms with van der Waals surface area (Å²) in [7, 11) is -0.870. The first-order valence-electron chi connectivity index (χ1n) is 6.82. The Morgan fingerprint density at radius 2 is 1.91 bits per heavy atom. The molecule has 0 bridgehead atoms. The molecular formula is C14H21NO7S. The van der Waals surface area contributed by atoms with Crippen molar-refractivity contribution in [3.63, 3.8) is 0 Å². The topological polar surface area (TPSA) is 102 Å². The lowest BCUT2D eigenvalue weighted by molar-refractivity contribution is -0.116. The molecular weight excluding hydrogens is 326 g/mol. The molecule has 1 amide bonds. The molecule has 0 unspecified atom stereocenters. The fourth-order valence-electron chi connectivity index (χ4n) is 1.64. The summed E-state index contributed by atoms with van der Waals surface area (Å²) in [6.07, 6.45) is 0. The summed E-state index contributed by atoms with van der Waals surface area (Å²) >= 11 is 0. The second-order valence-electron chi connectivity index (χ2n) is 4.66. The minimum absolute atomic E-state index is 0.104. The minimum atomic E-state index is -4.01. The van der Waals surface area contributed by atoms with Crippen molar-refractivity contribution in [3.05, 3.63) is 18.2 Å². The Hall–Kier alpha value is -1.84. The first-order valence-corrected chi connectivity index (χ1v) is 8.43. The molecule has 0 spiro atoms. The molecule has 0 saturated heterocycles. The van der Waals surface area contributed by atoms with E-state index in [-0.39, 0.29) is 25.7 Å². The lowest BCUT2D eigenvalue weighted by Crippen LogP contribution is -2.22. The highest BCUT2D eigenvalue weighted by molar-refractivity contribution is 7.85. The van der Waals surface area contributed by atoms with E-state index in [1.54, 1.807) is 25.2 Å². The van der Waals surface area contributed by atoms with Crippen molar-refractivity contribution in [3.8, 4) is 11.5 Å². The maximum absolute atomic E-state index is 11.3. The van der Waals surface area contributed by atoms with Crippen LogP contribution in [-0.2, 0) is 19.6 Å². The van der Waals surface area contributed by atoms with Gasteiger partial charge in [-0.25, -0.2) is 0 Å². The summed E-state index contributed by atoms with van der Waals surface area (Å²) in [5, 5.41) is 0. The van der Waals surface area contributed by atoms with Gasteiger partial charge < -0.3 is 19.1 Å². The van der Waals surface area contributed by atoms with Gasteiger partial charge in [0, 0.05) is 25.7 Å². The molecule has 0 aliphatic heterocycles. The van der Waals surface area contributed by atoms with Crippen LogP contribution in [0.2, 0.25) is 0 Å². The quantitative estimate of drug-likeness (QED) is 0.524. The van der Waals surface area contributed by atoms with Crippen molar-refractivity contribution in [2.75, 3.05) is 44.6 Å². The Labute approximate surface area is 135 Å². The fourth-order valence-corrected chi connectivity index (χ4v) is 1.97. The summed E-state index contributed by atoms with van der Waals surface area (Å²) in [5.74, 6) is 0.385. The van der Waals surface area contributed by atoms with E-state index in [9.17, 15) is 13.2 Å². The van der Waals surface area contributed by atoms with Gasteiger partial charge in [-0.2, -0.15) is 8.42 Å².